The Morgan fingerprint density at radius 1 is 1.38 bits per heavy atom. The highest BCUT2D eigenvalue weighted by molar-refractivity contribution is 9.10. The average Bonchev–Trinajstić information content (AvgIpc) is 2.80. The number of rotatable bonds is 5. The number of hydrogen-bond donors (Lipinski definition) is 1. The normalized spacial score (nSPS) is 12.9. The summed E-state index contributed by atoms with van der Waals surface area (Å²) in [7, 11) is 0. The van der Waals surface area contributed by atoms with Crippen molar-refractivity contribution in [1.82, 2.24) is 10.3 Å². The Labute approximate surface area is 137 Å². The maximum absolute atomic E-state index is 14.3. The molecule has 21 heavy (non-hydrogen) atoms. The Kier molecular flexibility index (Phi) is 5.52. The van der Waals surface area contributed by atoms with E-state index in [2.05, 4.69) is 48.9 Å². The Balaban J connectivity index is 2.49. The Bertz CT molecular complexity index is 625. The Hall–Kier alpha value is -0.780. The highest BCUT2D eigenvalue weighted by Gasteiger charge is 2.23. The van der Waals surface area contributed by atoms with Crippen molar-refractivity contribution in [2.75, 3.05) is 0 Å². The first-order valence-electron chi connectivity index (χ1n) is 7.09. The van der Waals surface area contributed by atoms with Gasteiger partial charge in [-0.2, -0.15) is 0 Å². The zero-order chi connectivity index (χ0) is 15.6. The second-order valence-electron chi connectivity index (χ2n) is 5.33. The lowest BCUT2D eigenvalue weighted by molar-refractivity contribution is 0.501. The zero-order valence-electron chi connectivity index (χ0n) is 12.7. The molecule has 1 unspecified atom stereocenters. The van der Waals surface area contributed by atoms with Crippen LogP contribution in [0.1, 0.15) is 48.0 Å². The molecule has 0 aliphatic heterocycles. The molecule has 0 spiro atoms. The van der Waals surface area contributed by atoms with E-state index >= 15 is 0 Å². The molecule has 0 bridgehead atoms. The first kappa shape index (κ1) is 16.6. The van der Waals surface area contributed by atoms with Gasteiger partial charge in [0.15, 0.2) is 0 Å². The molecule has 0 amide bonds. The number of aryl methyl sites for hydroxylation is 2. The molecule has 5 heteroatoms. The van der Waals surface area contributed by atoms with Crippen molar-refractivity contribution < 1.29 is 4.39 Å². The van der Waals surface area contributed by atoms with E-state index in [1.165, 1.54) is 10.9 Å². The molecule has 1 N–H and O–H groups in total. The summed E-state index contributed by atoms with van der Waals surface area (Å²) >= 11 is 5.07. The molecule has 0 radical (unpaired) electrons. The van der Waals surface area contributed by atoms with E-state index in [9.17, 15) is 4.39 Å². The summed E-state index contributed by atoms with van der Waals surface area (Å²) in [5, 5.41) is 4.36. The van der Waals surface area contributed by atoms with E-state index in [4.69, 9.17) is 4.98 Å². The molecule has 1 atom stereocenters. The van der Waals surface area contributed by atoms with Crippen LogP contribution in [0.5, 0.6) is 0 Å². The molecule has 0 aliphatic carbocycles. The highest BCUT2D eigenvalue weighted by Crippen LogP contribution is 2.31. The second-order valence-corrected chi connectivity index (χ2v) is 7.48. The van der Waals surface area contributed by atoms with Crippen molar-refractivity contribution in [3.63, 3.8) is 0 Å². The Morgan fingerprint density at radius 3 is 2.67 bits per heavy atom. The topological polar surface area (TPSA) is 24.9 Å². The van der Waals surface area contributed by atoms with Crippen LogP contribution in [0.2, 0.25) is 0 Å². The van der Waals surface area contributed by atoms with Crippen LogP contribution in [0.3, 0.4) is 0 Å². The van der Waals surface area contributed by atoms with Crippen molar-refractivity contribution in [2.45, 2.75) is 46.2 Å². The lowest BCUT2D eigenvalue weighted by atomic mass is 10.1. The van der Waals surface area contributed by atoms with Gasteiger partial charge in [0.25, 0.3) is 0 Å². The third-order valence-corrected chi connectivity index (χ3v) is 4.83. The average molecular weight is 371 g/mol. The summed E-state index contributed by atoms with van der Waals surface area (Å²) in [6.07, 6.45) is 0.900. The third-order valence-electron chi connectivity index (χ3n) is 3.26. The lowest BCUT2D eigenvalue weighted by Crippen LogP contribution is -2.29. The van der Waals surface area contributed by atoms with E-state index in [1.807, 2.05) is 6.07 Å². The highest BCUT2D eigenvalue weighted by atomic mass is 79.9. The molecule has 1 heterocycles. The number of aromatic nitrogens is 1. The number of nitrogens with one attached hydrogen (secondary N) is 1. The van der Waals surface area contributed by atoms with Crippen LogP contribution in [0, 0.1) is 12.7 Å². The van der Waals surface area contributed by atoms with Crippen molar-refractivity contribution in [3.8, 4) is 0 Å². The molecule has 1 aromatic heterocycles. The number of nitrogens with zero attached hydrogens (tertiary/aromatic N) is 1. The van der Waals surface area contributed by atoms with Crippen LogP contribution in [0.25, 0.3) is 0 Å². The molecule has 0 saturated heterocycles. The van der Waals surface area contributed by atoms with Gasteiger partial charge in [-0.1, -0.05) is 22.9 Å². The number of halogens is 2. The maximum atomic E-state index is 14.3. The summed E-state index contributed by atoms with van der Waals surface area (Å²) in [5.74, 6) is -0.206. The molecule has 114 valence electrons. The van der Waals surface area contributed by atoms with Gasteiger partial charge in [-0.3, -0.25) is 0 Å². The number of thiazole rings is 1. The Morgan fingerprint density at radius 2 is 2.10 bits per heavy atom. The fourth-order valence-electron chi connectivity index (χ4n) is 2.27. The van der Waals surface area contributed by atoms with Crippen molar-refractivity contribution in [3.05, 3.63) is 49.6 Å². The summed E-state index contributed by atoms with van der Waals surface area (Å²) in [5.41, 5.74) is 1.73. The standard InChI is InChI=1S/C16H20BrFN2S/c1-5-14-10(4)21-16(20-14)15(19-9(2)3)12-8-11(17)6-7-13(12)18/h6-9,15,19H,5H2,1-4H3. The van der Waals surface area contributed by atoms with Gasteiger partial charge in [0.1, 0.15) is 10.8 Å². The van der Waals surface area contributed by atoms with Crippen LogP contribution in [0.15, 0.2) is 22.7 Å². The van der Waals surface area contributed by atoms with Gasteiger partial charge in [-0.25, -0.2) is 9.37 Å². The summed E-state index contributed by atoms with van der Waals surface area (Å²) in [6, 6.07) is 5.07. The van der Waals surface area contributed by atoms with E-state index < -0.39 is 0 Å². The summed E-state index contributed by atoms with van der Waals surface area (Å²) in [6.45, 7) is 8.29. The smallest absolute Gasteiger partial charge is 0.128 e. The van der Waals surface area contributed by atoms with Crippen molar-refractivity contribution >= 4 is 27.3 Å². The van der Waals surface area contributed by atoms with Crippen LogP contribution in [-0.4, -0.2) is 11.0 Å². The molecule has 0 saturated carbocycles. The van der Waals surface area contributed by atoms with E-state index in [-0.39, 0.29) is 17.9 Å². The molecule has 2 aromatic rings. The van der Waals surface area contributed by atoms with Crippen molar-refractivity contribution in [1.29, 1.82) is 0 Å². The van der Waals surface area contributed by atoms with Gasteiger partial charge in [-0.15, -0.1) is 11.3 Å². The second kappa shape index (κ2) is 6.99. The monoisotopic (exact) mass is 370 g/mol. The predicted molar refractivity (Wildman–Crippen MR) is 90.4 cm³/mol. The maximum Gasteiger partial charge on any atom is 0.128 e. The van der Waals surface area contributed by atoms with Gasteiger partial charge < -0.3 is 5.32 Å². The number of hydrogen-bond acceptors (Lipinski definition) is 3. The molecular formula is C16H20BrFN2S. The SMILES string of the molecule is CCc1nc(C(NC(C)C)c2cc(Br)ccc2F)sc1C. The summed E-state index contributed by atoms with van der Waals surface area (Å²) < 4.78 is 15.1. The fraction of sp³-hybridized carbons (Fsp3) is 0.438. The molecule has 1 aromatic carbocycles. The predicted octanol–water partition coefficient (Wildman–Crippen LogP) is 5.00. The molecular weight excluding hydrogens is 351 g/mol. The van der Waals surface area contributed by atoms with Crippen LogP contribution in [-0.2, 0) is 6.42 Å². The zero-order valence-corrected chi connectivity index (χ0v) is 15.1. The first-order chi connectivity index (χ1) is 9.92. The van der Waals surface area contributed by atoms with Gasteiger partial charge in [0.2, 0.25) is 0 Å². The molecule has 2 nitrogen and oxygen atoms in total. The molecule has 2 rings (SSSR count). The lowest BCUT2D eigenvalue weighted by Gasteiger charge is -2.20. The van der Waals surface area contributed by atoms with Gasteiger partial charge >= 0.3 is 0 Å². The molecule has 0 aliphatic rings. The van der Waals surface area contributed by atoms with Crippen LogP contribution in [0.4, 0.5) is 4.39 Å². The van der Waals surface area contributed by atoms with Gasteiger partial charge in [-0.05, 0) is 45.4 Å². The third kappa shape index (κ3) is 3.90. The van der Waals surface area contributed by atoms with Gasteiger partial charge in [0.05, 0.1) is 11.7 Å². The minimum Gasteiger partial charge on any atom is -0.302 e. The van der Waals surface area contributed by atoms with Crippen molar-refractivity contribution in [2.24, 2.45) is 0 Å². The van der Waals surface area contributed by atoms with Crippen LogP contribution >= 0.6 is 27.3 Å². The van der Waals surface area contributed by atoms with Gasteiger partial charge in [0, 0.05) is 21.0 Å². The quantitative estimate of drug-likeness (QED) is 0.800. The molecule has 0 fully saturated rings. The number of benzene rings is 1. The van der Waals surface area contributed by atoms with E-state index in [0.29, 0.717) is 5.56 Å². The fourth-order valence-corrected chi connectivity index (χ4v) is 3.73. The first-order valence-corrected chi connectivity index (χ1v) is 8.70. The largest absolute Gasteiger partial charge is 0.302 e. The van der Waals surface area contributed by atoms with E-state index in [1.54, 1.807) is 17.4 Å². The van der Waals surface area contributed by atoms with E-state index in [0.717, 1.165) is 21.6 Å². The minimum absolute atomic E-state index is 0.206. The van der Waals surface area contributed by atoms with Crippen LogP contribution < -0.4 is 5.32 Å². The summed E-state index contributed by atoms with van der Waals surface area (Å²) in [4.78, 5) is 5.91. The minimum atomic E-state index is -0.216.